The Balaban J connectivity index is 2.00. The molecule has 104 valence electrons. The van der Waals surface area contributed by atoms with E-state index >= 15 is 0 Å². The third kappa shape index (κ3) is 2.44. The van der Waals surface area contributed by atoms with E-state index in [-0.39, 0.29) is 5.91 Å². The second-order valence-corrected chi connectivity index (χ2v) is 5.85. The maximum atomic E-state index is 12.5. The lowest BCUT2D eigenvalue weighted by molar-refractivity contribution is 0.0767. The molecule has 1 saturated heterocycles. The number of anilines is 1. The van der Waals surface area contributed by atoms with Gasteiger partial charge in [-0.05, 0) is 12.1 Å². The summed E-state index contributed by atoms with van der Waals surface area (Å²) in [6.07, 6.45) is 0. The standard InChI is InChI=1S/C14H16N4OS/c15-17-12-9-13(14(19)18-5-7-20-8-6-18)16-11-4-2-1-3-10(11)12/h1-4,9H,5-8,15H2,(H,16,17). The molecule has 3 rings (SSSR count). The number of nitrogen functional groups attached to an aromatic ring is 1. The lowest BCUT2D eigenvalue weighted by Crippen LogP contribution is -2.38. The number of benzene rings is 1. The highest BCUT2D eigenvalue weighted by atomic mass is 32.2. The van der Waals surface area contributed by atoms with Crippen molar-refractivity contribution in [3.63, 3.8) is 0 Å². The van der Waals surface area contributed by atoms with Crippen LogP contribution in [0.4, 0.5) is 5.69 Å². The lowest BCUT2D eigenvalue weighted by atomic mass is 10.1. The van der Waals surface area contributed by atoms with Gasteiger partial charge in [0.15, 0.2) is 0 Å². The van der Waals surface area contributed by atoms with Crippen LogP contribution >= 0.6 is 11.8 Å². The highest BCUT2D eigenvalue weighted by Crippen LogP contribution is 2.23. The third-order valence-corrected chi connectivity index (χ3v) is 4.33. The Kier molecular flexibility index (Phi) is 3.75. The third-order valence-electron chi connectivity index (χ3n) is 3.39. The molecule has 1 aliphatic rings. The molecule has 0 unspecified atom stereocenters. The Morgan fingerprint density at radius 2 is 2.05 bits per heavy atom. The molecule has 0 radical (unpaired) electrons. The monoisotopic (exact) mass is 288 g/mol. The van der Waals surface area contributed by atoms with Crippen molar-refractivity contribution in [2.24, 2.45) is 5.84 Å². The van der Waals surface area contributed by atoms with Gasteiger partial charge in [-0.25, -0.2) is 4.98 Å². The first-order valence-electron chi connectivity index (χ1n) is 6.53. The highest BCUT2D eigenvalue weighted by Gasteiger charge is 2.20. The first-order valence-corrected chi connectivity index (χ1v) is 7.68. The summed E-state index contributed by atoms with van der Waals surface area (Å²) >= 11 is 1.87. The maximum Gasteiger partial charge on any atom is 0.272 e. The fourth-order valence-electron chi connectivity index (χ4n) is 2.33. The fraction of sp³-hybridized carbons (Fsp3) is 0.286. The Bertz CT molecular complexity index is 640. The van der Waals surface area contributed by atoms with Gasteiger partial charge in [0.1, 0.15) is 5.69 Å². The number of carbonyl (C=O) groups is 1. The number of nitrogens with one attached hydrogen (secondary N) is 1. The second kappa shape index (κ2) is 5.68. The number of hydrogen-bond acceptors (Lipinski definition) is 5. The molecule has 0 spiro atoms. The van der Waals surface area contributed by atoms with Crippen LogP contribution in [0.1, 0.15) is 10.5 Å². The van der Waals surface area contributed by atoms with Crippen molar-refractivity contribution in [1.29, 1.82) is 0 Å². The number of thioether (sulfide) groups is 1. The van der Waals surface area contributed by atoms with Gasteiger partial charge in [0.25, 0.3) is 5.91 Å². The van der Waals surface area contributed by atoms with Gasteiger partial charge in [0.2, 0.25) is 0 Å². The fourth-order valence-corrected chi connectivity index (χ4v) is 3.24. The molecule has 0 atom stereocenters. The molecule has 2 aromatic rings. The average Bonchev–Trinajstić information content (AvgIpc) is 2.54. The van der Waals surface area contributed by atoms with Crippen molar-refractivity contribution in [3.05, 3.63) is 36.0 Å². The van der Waals surface area contributed by atoms with Crippen LogP contribution in [0, 0.1) is 0 Å². The summed E-state index contributed by atoms with van der Waals surface area (Å²) in [5.74, 6) is 7.51. The predicted molar refractivity (Wildman–Crippen MR) is 82.8 cm³/mol. The molecule has 1 amide bonds. The molecule has 1 aromatic carbocycles. The summed E-state index contributed by atoms with van der Waals surface area (Å²) in [5.41, 5.74) is 4.60. The first-order chi connectivity index (χ1) is 9.79. The maximum absolute atomic E-state index is 12.5. The van der Waals surface area contributed by atoms with Crippen molar-refractivity contribution in [1.82, 2.24) is 9.88 Å². The number of para-hydroxylation sites is 1. The van der Waals surface area contributed by atoms with E-state index in [2.05, 4.69) is 10.4 Å². The van der Waals surface area contributed by atoms with Crippen LogP contribution < -0.4 is 11.3 Å². The number of hydrogen-bond donors (Lipinski definition) is 2. The molecule has 20 heavy (non-hydrogen) atoms. The van der Waals surface area contributed by atoms with E-state index in [1.165, 1.54) is 0 Å². The van der Waals surface area contributed by atoms with Crippen LogP contribution in [0.5, 0.6) is 0 Å². The largest absolute Gasteiger partial charge is 0.336 e. The molecular formula is C14H16N4OS. The van der Waals surface area contributed by atoms with Gasteiger partial charge >= 0.3 is 0 Å². The van der Waals surface area contributed by atoms with E-state index in [0.29, 0.717) is 5.69 Å². The van der Waals surface area contributed by atoms with Crippen LogP contribution in [0.15, 0.2) is 30.3 Å². The topological polar surface area (TPSA) is 71.2 Å². The molecule has 0 bridgehead atoms. The zero-order chi connectivity index (χ0) is 13.9. The van der Waals surface area contributed by atoms with Crippen molar-refractivity contribution < 1.29 is 4.79 Å². The Labute approximate surface area is 121 Å². The molecule has 6 heteroatoms. The average molecular weight is 288 g/mol. The van der Waals surface area contributed by atoms with E-state index in [9.17, 15) is 4.79 Å². The smallest absolute Gasteiger partial charge is 0.272 e. The number of nitrogens with zero attached hydrogens (tertiary/aromatic N) is 2. The summed E-state index contributed by atoms with van der Waals surface area (Å²) in [6, 6.07) is 9.38. The summed E-state index contributed by atoms with van der Waals surface area (Å²) in [6.45, 7) is 1.56. The number of pyridine rings is 1. The number of aromatic nitrogens is 1. The Morgan fingerprint density at radius 3 is 2.80 bits per heavy atom. The van der Waals surface area contributed by atoms with Crippen LogP contribution in [0.2, 0.25) is 0 Å². The Hall–Kier alpha value is -1.79. The van der Waals surface area contributed by atoms with E-state index in [0.717, 1.165) is 41.2 Å². The summed E-state index contributed by atoms with van der Waals surface area (Å²) in [5, 5.41) is 0.917. The number of rotatable bonds is 2. The SMILES string of the molecule is NNc1cc(C(=O)N2CCSCC2)nc2ccccc12. The van der Waals surface area contributed by atoms with Crippen LogP contribution in [0.3, 0.4) is 0 Å². The molecule has 0 aliphatic carbocycles. The highest BCUT2D eigenvalue weighted by molar-refractivity contribution is 7.99. The lowest BCUT2D eigenvalue weighted by Gasteiger charge is -2.26. The number of carbonyl (C=O) groups excluding carboxylic acids is 1. The van der Waals surface area contributed by atoms with Gasteiger partial charge in [-0.1, -0.05) is 18.2 Å². The summed E-state index contributed by atoms with van der Waals surface area (Å²) in [7, 11) is 0. The number of fused-ring (bicyclic) bond motifs is 1. The van der Waals surface area contributed by atoms with Crippen LogP contribution in [0.25, 0.3) is 10.9 Å². The molecule has 5 nitrogen and oxygen atoms in total. The van der Waals surface area contributed by atoms with E-state index < -0.39 is 0 Å². The molecule has 0 saturated carbocycles. The molecular weight excluding hydrogens is 272 g/mol. The van der Waals surface area contributed by atoms with Crippen LogP contribution in [-0.4, -0.2) is 40.4 Å². The van der Waals surface area contributed by atoms with E-state index in [1.54, 1.807) is 6.07 Å². The predicted octanol–water partition coefficient (Wildman–Crippen LogP) is 1.71. The molecule has 2 heterocycles. The van der Waals surface area contributed by atoms with Gasteiger partial charge in [-0.15, -0.1) is 0 Å². The van der Waals surface area contributed by atoms with E-state index in [4.69, 9.17) is 5.84 Å². The van der Waals surface area contributed by atoms with Gasteiger partial charge in [-0.2, -0.15) is 11.8 Å². The van der Waals surface area contributed by atoms with Gasteiger partial charge < -0.3 is 10.3 Å². The van der Waals surface area contributed by atoms with Crippen molar-refractivity contribution in [2.75, 3.05) is 30.0 Å². The minimum absolute atomic E-state index is 0.0208. The Morgan fingerprint density at radius 1 is 1.30 bits per heavy atom. The molecule has 1 aromatic heterocycles. The van der Waals surface area contributed by atoms with Gasteiger partial charge in [0.05, 0.1) is 11.2 Å². The number of amides is 1. The van der Waals surface area contributed by atoms with Gasteiger partial charge in [0, 0.05) is 30.0 Å². The normalized spacial score (nSPS) is 15.3. The summed E-state index contributed by atoms with van der Waals surface area (Å²) < 4.78 is 0. The van der Waals surface area contributed by atoms with Crippen molar-refractivity contribution in [3.8, 4) is 0 Å². The number of nitrogens with two attached hydrogens (primary N) is 1. The quantitative estimate of drug-likeness (QED) is 0.650. The molecule has 1 fully saturated rings. The summed E-state index contributed by atoms with van der Waals surface area (Å²) in [4.78, 5) is 18.8. The molecule has 1 aliphatic heterocycles. The minimum Gasteiger partial charge on any atom is -0.336 e. The molecule has 3 N–H and O–H groups in total. The van der Waals surface area contributed by atoms with Gasteiger partial charge in [-0.3, -0.25) is 10.6 Å². The zero-order valence-electron chi connectivity index (χ0n) is 11.0. The second-order valence-electron chi connectivity index (χ2n) is 4.62. The minimum atomic E-state index is -0.0208. The number of hydrazine groups is 1. The van der Waals surface area contributed by atoms with Crippen molar-refractivity contribution >= 4 is 34.3 Å². The first kappa shape index (κ1) is 13.2. The van der Waals surface area contributed by atoms with E-state index in [1.807, 2.05) is 40.9 Å². The zero-order valence-corrected chi connectivity index (χ0v) is 11.8. The van der Waals surface area contributed by atoms with Crippen molar-refractivity contribution in [2.45, 2.75) is 0 Å². The van der Waals surface area contributed by atoms with Crippen LogP contribution in [-0.2, 0) is 0 Å².